The number of para-hydroxylation sites is 1. The molecule has 0 saturated heterocycles. The number of aromatic nitrogens is 1. The number of benzene rings is 1. The monoisotopic (exact) mass is 348 g/mol. The summed E-state index contributed by atoms with van der Waals surface area (Å²) in [6.07, 6.45) is 2.11. The maximum absolute atomic E-state index is 10.5. The predicted octanol–water partition coefficient (Wildman–Crippen LogP) is 4.14. The average Bonchev–Trinajstić information content (AvgIpc) is 2.85. The summed E-state index contributed by atoms with van der Waals surface area (Å²) in [6, 6.07) is 7.69. The highest BCUT2D eigenvalue weighted by molar-refractivity contribution is 7.80. The van der Waals surface area contributed by atoms with E-state index in [9.17, 15) is 5.11 Å². The molecule has 0 fully saturated rings. The first-order valence-corrected chi connectivity index (χ1v) is 8.67. The van der Waals surface area contributed by atoms with Gasteiger partial charge in [0, 0.05) is 25.1 Å². The Bertz CT molecular complexity index is 712. The SMILES string of the molecule is CCCCNC(=S)N=Nc1c(O)n(CCOCC)c2ccccc12. The van der Waals surface area contributed by atoms with Crippen LogP contribution in [-0.2, 0) is 11.3 Å². The van der Waals surface area contributed by atoms with Gasteiger partial charge < -0.3 is 19.7 Å². The Balaban J connectivity index is 2.23. The molecule has 0 aliphatic carbocycles. The van der Waals surface area contributed by atoms with Crippen LogP contribution >= 0.6 is 12.2 Å². The van der Waals surface area contributed by atoms with Gasteiger partial charge in [-0.25, -0.2) is 0 Å². The zero-order valence-corrected chi connectivity index (χ0v) is 15.0. The second kappa shape index (κ2) is 9.34. The third-order valence-electron chi connectivity index (χ3n) is 3.63. The van der Waals surface area contributed by atoms with Crippen molar-refractivity contribution in [2.24, 2.45) is 10.2 Å². The van der Waals surface area contributed by atoms with Crippen LogP contribution in [0.4, 0.5) is 5.69 Å². The first-order chi connectivity index (χ1) is 11.7. The number of hydrogen-bond donors (Lipinski definition) is 2. The minimum atomic E-state index is 0.0796. The lowest BCUT2D eigenvalue weighted by atomic mass is 10.2. The zero-order chi connectivity index (χ0) is 17.4. The van der Waals surface area contributed by atoms with E-state index in [4.69, 9.17) is 17.0 Å². The van der Waals surface area contributed by atoms with Crippen molar-refractivity contribution in [3.63, 3.8) is 0 Å². The molecule has 1 heterocycles. The van der Waals surface area contributed by atoms with Gasteiger partial charge in [-0.1, -0.05) is 31.5 Å². The minimum Gasteiger partial charge on any atom is -0.493 e. The summed E-state index contributed by atoms with van der Waals surface area (Å²) in [7, 11) is 0. The number of aromatic hydroxyl groups is 1. The third kappa shape index (κ3) is 4.52. The van der Waals surface area contributed by atoms with Gasteiger partial charge in [0.15, 0.2) is 5.69 Å². The van der Waals surface area contributed by atoms with Crippen LogP contribution in [0.25, 0.3) is 10.9 Å². The van der Waals surface area contributed by atoms with E-state index in [1.165, 1.54) is 0 Å². The molecule has 1 aromatic carbocycles. The van der Waals surface area contributed by atoms with Crippen LogP contribution in [0.5, 0.6) is 5.88 Å². The molecule has 2 rings (SSSR count). The van der Waals surface area contributed by atoms with E-state index in [-0.39, 0.29) is 5.88 Å². The van der Waals surface area contributed by atoms with E-state index in [1.807, 2.05) is 31.2 Å². The summed E-state index contributed by atoms with van der Waals surface area (Å²) >= 11 is 5.15. The standard InChI is InChI=1S/C17H24N4O2S/c1-3-5-10-18-17(24)20-19-15-13-8-6-7-9-14(13)21(16(15)22)11-12-23-4-2/h6-9,22H,3-5,10-12H2,1-2H3,(H,18,24). The molecule has 0 bridgehead atoms. The van der Waals surface area contributed by atoms with Gasteiger partial charge >= 0.3 is 0 Å². The molecule has 0 aliphatic heterocycles. The van der Waals surface area contributed by atoms with E-state index >= 15 is 0 Å². The Morgan fingerprint density at radius 1 is 1.33 bits per heavy atom. The van der Waals surface area contributed by atoms with E-state index in [1.54, 1.807) is 4.57 Å². The van der Waals surface area contributed by atoms with Crippen molar-refractivity contribution in [3.8, 4) is 5.88 Å². The second-order valence-electron chi connectivity index (χ2n) is 5.32. The lowest BCUT2D eigenvalue weighted by Crippen LogP contribution is -2.19. The van der Waals surface area contributed by atoms with E-state index in [2.05, 4.69) is 22.5 Å². The van der Waals surface area contributed by atoms with Gasteiger partial charge in [0.2, 0.25) is 11.0 Å². The van der Waals surface area contributed by atoms with Crippen molar-refractivity contribution < 1.29 is 9.84 Å². The van der Waals surface area contributed by atoms with Crippen LogP contribution in [0.3, 0.4) is 0 Å². The fourth-order valence-electron chi connectivity index (χ4n) is 2.40. The van der Waals surface area contributed by atoms with Crippen LogP contribution in [0.1, 0.15) is 26.7 Å². The van der Waals surface area contributed by atoms with Crippen molar-refractivity contribution in [1.82, 2.24) is 9.88 Å². The Morgan fingerprint density at radius 2 is 2.12 bits per heavy atom. The van der Waals surface area contributed by atoms with Crippen LogP contribution in [0.2, 0.25) is 0 Å². The fourth-order valence-corrected chi connectivity index (χ4v) is 2.54. The van der Waals surface area contributed by atoms with Crippen molar-refractivity contribution in [3.05, 3.63) is 24.3 Å². The third-order valence-corrected chi connectivity index (χ3v) is 3.85. The van der Waals surface area contributed by atoms with Gasteiger partial charge in [-0.2, -0.15) is 0 Å². The predicted molar refractivity (Wildman–Crippen MR) is 100 cm³/mol. The van der Waals surface area contributed by atoms with Crippen molar-refractivity contribution in [1.29, 1.82) is 0 Å². The maximum Gasteiger partial charge on any atom is 0.220 e. The largest absolute Gasteiger partial charge is 0.493 e. The summed E-state index contributed by atoms with van der Waals surface area (Å²) < 4.78 is 7.17. The summed E-state index contributed by atoms with van der Waals surface area (Å²) in [4.78, 5) is 0. The van der Waals surface area contributed by atoms with Gasteiger partial charge in [-0.3, -0.25) is 0 Å². The molecular formula is C17H24N4O2S. The quantitative estimate of drug-likeness (QED) is 0.427. The Kier molecular flexibility index (Phi) is 7.14. The van der Waals surface area contributed by atoms with Gasteiger partial charge in [0.1, 0.15) is 0 Å². The first-order valence-electron chi connectivity index (χ1n) is 8.26. The van der Waals surface area contributed by atoms with Gasteiger partial charge in [-0.15, -0.1) is 10.2 Å². The Morgan fingerprint density at radius 3 is 2.88 bits per heavy atom. The molecule has 0 unspecified atom stereocenters. The summed E-state index contributed by atoms with van der Waals surface area (Å²) in [5.41, 5.74) is 1.33. The Hall–Kier alpha value is -1.99. The van der Waals surface area contributed by atoms with Gasteiger partial charge in [0.25, 0.3) is 0 Å². The number of nitrogens with one attached hydrogen (secondary N) is 1. The van der Waals surface area contributed by atoms with Gasteiger partial charge in [0.05, 0.1) is 12.1 Å². The van der Waals surface area contributed by atoms with Gasteiger partial charge in [-0.05, 0) is 31.6 Å². The molecule has 2 aromatic rings. The first kappa shape index (κ1) is 18.4. The molecule has 0 atom stereocenters. The van der Waals surface area contributed by atoms with Crippen molar-refractivity contribution >= 4 is 33.9 Å². The molecule has 2 N–H and O–H groups in total. The van der Waals surface area contributed by atoms with Crippen LogP contribution in [0.15, 0.2) is 34.5 Å². The highest BCUT2D eigenvalue weighted by Gasteiger charge is 2.16. The van der Waals surface area contributed by atoms with Crippen molar-refractivity contribution in [2.75, 3.05) is 19.8 Å². The number of unbranched alkanes of at least 4 members (excludes halogenated alkanes) is 1. The molecule has 7 heteroatoms. The molecule has 6 nitrogen and oxygen atoms in total. The highest BCUT2D eigenvalue weighted by atomic mass is 32.1. The number of thiocarbonyl (C=S) groups is 1. The number of rotatable bonds is 8. The maximum atomic E-state index is 10.5. The number of azo groups is 1. The number of nitrogens with zero attached hydrogens (tertiary/aromatic N) is 3. The minimum absolute atomic E-state index is 0.0796. The summed E-state index contributed by atoms with van der Waals surface area (Å²) in [5.74, 6) is 0.0796. The van der Waals surface area contributed by atoms with Crippen LogP contribution < -0.4 is 5.32 Å². The fraction of sp³-hybridized carbons (Fsp3) is 0.471. The van der Waals surface area contributed by atoms with E-state index in [0.717, 1.165) is 30.3 Å². The summed E-state index contributed by atoms with van der Waals surface area (Å²) in [5, 5.41) is 22.9. The smallest absolute Gasteiger partial charge is 0.220 e. The zero-order valence-electron chi connectivity index (χ0n) is 14.2. The normalized spacial score (nSPS) is 11.4. The molecule has 0 radical (unpaired) electrons. The van der Waals surface area contributed by atoms with E-state index in [0.29, 0.717) is 30.6 Å². The van der Waals surface area contributed by atoms with Crippen LogP contribution in [0, 0.1) is 0 Å². The molecule has 24 heavy (non-hydrogen) atoms. The molecular weight excluding hydrogens is 324 g/mol. The lowest BCUT2D eigenvalue weighted by Gasteiger charge is -2.06. The second-order valence-corrected chi connectivity index (χ2v) is 5.71. The molecule has 0 saturated carbocycles. The molecule has 0 aliphatic rings. The number of ether oxygens (including phenoxy) is 1. The number of fused-ring (bicyclic) bond motifs is 1. The number of hydrogen-bond acceptors (Lipinski definition) is 4. The lowest BCUT2D eigenvalue weighted by molar-refractivity contribution is 0.138. The van der Waals surface area contributed by atoms with Crippen molar-refractivity contribution in [2.45, 2.75) is 33.2 Å². The summed E-state index contributed by atoms with van der Waals surface area (Å²) in [6.45, 7) is 6.55. The molecule has 0 spiro atoms. The topological polar surface area (TPSA) is 71.1 Å². The highest BCUT2D eigenvalue weighted by Crippen LogP contribution is 2.38. The molecule has 130 valence electrons. The molecule has 0 amide bonds. The average molecular weight is 348 g/mol. The Labute approximate surface area is 147 Å². The molecule has 1 aromatic heterocycles. The van der Waals surface area contributed by atoms with E-state index < -0.39 is 0 Å². The van der Waals surface area contributed by atoms with Crippen LogP contribution in [-0.4, -0.2) is 34.5 Å².